The van der Waals surface area contributed by atoms with E-state index in [1.165, 1.54) is 6.20 Å². The van der Waals surface area contributed by atoms with E-state index >= 15 is 0 Å². The Morgan fingerprint density at radius 3 is 2.94 bits per heavy atom. The van der Waals surface area contributed by atoms with Crippen molar-refractivity contribution < 1.29 is 0 Å². The van der Waals surface area contributed by atoms with Crippen LogP contribution in [0.5, 0.6) is 0 Å². The number of halogens is 1. The van der Waals surface area contributed by atoms with Crippen LogP contribution in [0.3, 0.4) is 0 Å². The fourth-order valence-electron chi connectivity index (χ4n) is 1.09. The van der Waals surface area contributed by atoms with Gasteiger partial charge in [0, 0.05) is 12.4 Å². The quantitative estimate of drug-likeness (QED) is 0.661. The van der Waals surface area contributed by atoms with E-state index in [-0.39, 0.29) is 5.56 Å². The van der Waals surface area contributed by atoms with Gasteiger partial charge in [0.05, 0.1) is 18.1 Å². The Morgan fingerprint density at radius 2 is 2.18 bits per heavy atom. The predicted molar refractivity (Wildman–Crippen MR) is 68.0 cm³/mol. The molecule has 0 saturated heterocycles. The highest BCUT2D eigenvalue weighted by Gasteiger charge is 2.01. The Hall–Kier alpha value is -2.02. The summed E-state index contributed by atoms with van der Waals surface area (Å²) >= 11 is 3.14. The van der Waals surface area contributed by atoms with E-state index in [0.29, 0.717) is 10.2 Å². The number of hydrazone groups is 1. The second-order valence-electron chi connectivity index (χ2n) is 3.08. The van der Waals surface area contributed by atoms with Gasteiger partial charge in [-0.2, -0.15) is 10.2 Å². The fraction of sp³-hybridized carbons (Fsp3) is 0. The molecule has 2 aromatic rings. The van der Waals surface area contributed by atoms with Gasteiger partial charge in [-0.3, -0.25) is 15.2 Å². The summed E-state index contributed by atoms with van der Waals surface area (Å²) in [5, 5.41) is 9.94. The van der Waals surface area contributed by atoms with Gasteiger partial charge in [-0.15, -0.1) is 0 Å². The molecule has 6 nitrogen and oxygen atoms in total. The fourth-order valence-corrected chi connectivity index (χ4v) is 1.37. The Balaban J connectivity index is 2.11. The molecule has 2 heterocycles. The van der Waals surface area contributed by atoms with Crippen LogP contribution >= 0.6 is 15.9 Å². The van der Waals surface area contributed by atoms with Crippen LogP contribution in [0.1, 0.15) is 5.56 Å². The Morgan fingerprint density at radius 1 is 1.41 bits per heavy atom. The molecule has 0 aliphatic carbocycles. The van der Waals surface area contributed by atoms with Crippen molar-refractivity contribution in [3.05, 3.63) is 51.1 Å². The van der Waals surface area contributed by atoms with Gasteiger partial charge in [0.1, 0.15) is 4.47 Å². The van der Waals surface area contributed by atoms with Crippen LogP contribution in [0.2, 0.25) is 0 Å². The first-order chi connectivity index (χ1) is 8.27. The minimum atomic E-state index is -0.311. The van der Waals surface area contributed by atoms with Crippen LogP contribution in [0.25, 0.3) is 0 Å². The molecule has 2 N–H and O–H groups in total. The molecule has 0 bridgehead atoms. The van der Waals surface area contributed by atoms with Gasteiger partial charge in [-0.25, -0.2) is 5.10 Å². The summed E-state index contributed by atoms with van der Waals surface area (Å²) in [6.07, 6.45) is 6.43. The number of hydrogen-bond donors (Lipinski definition) is 2. The van der Waals surface area contributed by atoms with Crippen molar-refractivity contribution in [2.24, 2.45) is 5.10 Å². The third-order valence-electron chi connectivity index (χ3n) is 1.90. The molecule has 7 heteroatoms. The molecule has 2 rings (SSSR count). The number of H-pyrrole nitrogens is 1. The minimum Gasteiger partial charge on any atom is -0.275 e. The highest BCUT2D eigenvalue weighted by Crippen LogP contribution is 2.14. The molecule has 0 aromatic carbocycles. The smallest absolute Gasteiger partial charge is 0.275 e. The molecule has 0 fully saturated rings. The van der Waals surface area contributed by atoms with Crippen molar-refractivity contribution in [1.29, 1.82) is 0 Å². The number of pyridine rings is 1. The van der Waals surface area contributed by atoms with Gasteiger partial charge in [0.25, 0.3) is 5.56 Å². The van der Waals surface area contributed by atoms with E-state index in [0.717, 1.165) is 5.56 Å². The Labute approximate surface area is 105 Å². The van der Waals surface area contributed by atoms with Gasteiger partial charge < -0.3 is 0 Å². The molecule has 86 valence electrons. The normalized spacial score (nSPS) is 10.6. The van der Waals surface area contributed by atoms with Crippen molar-refractivity contribution in [1.82, 2.24) is 15.2 Å². The van der Waals surface area contributed by atoms with Gasteiger partial charge in [0.2, 0.25) is 0 Å². The van der Waals surface area contributed by atoms with Crippen LogP contribution in [-0.2, 0) is 0 Å². The zero-order chi connectivity index (χ0) is 12.1. The molecule has 0 aliphatic heterocycles. The standard InChI is InChI=1S/C10H8BrN5O/c11-9-8(6-14-16-10(9)17)15-13-5-7-1-3-12-4-2-7/h1-6H,(H2,15,16,17)/b13-5-. The van der Waals surface area contributed by atoms with Gasteiger partial charge in [0.15, 0.2) is 0 Å². The van der Waals surface area contributed by atoms with E-state index in [9.17, 15) is 4.79 Å². The molecule has 0 saturated carbocycles. The Kier molecular flexibility index (Phi) is 3.61. The lowest BCUT2D eigenvalue weighted by molar-refractivity contribution is 0.977. The zero-order valence-electron chi connectivity index (χ0n) is 8.59. The molecule has 0 aliphatic rings. The predicted octanol–water partition coefficient (Wildman–Crippen LogP) is 1.37. The lowest BCUT2D eigenvalue weighted by Crippen LogP contribution is -2.10. The molecular formula is C10H8BrN5O. The lowest BCUT2D eigenvalue weighted by atomic mass is 10.3. The maximum atomic E-state index is 11.2. The number of nitrogens with zero attached hydrogens (tertiary/aromatic N) is 3. The van der Waals surface area contributed by atoms with Crippen molar-refractivity contribution >= 4 is 27.8 Å². The maximum absolute atomic E-state index is 11.2. The molecule has 0 atom stereocenters. The van der Waals surface area contributed by atoms with E-state index in [4.69, 9.17) is 0 Å². The molecule has 17 heavy (non-hydrogen) atoms. The summed E-state index contributed by atoms with van der Waals surface area (Å²) in [5.41, 5.74) is 3.81. The summed E-state index contributed by atoms with van der Waals surface area (Å²) in [6, 6.07) is 3.63. The molecular weight excluding hydrogens is 286 g/mol. The SMILES string of the molecule is O=c1[nH]ncc(N/N=C\c2ccncc2)c1Br. The summed E-state index contributed by atoms with van der Waals surface area (Å²) in [4.78, 5) is 15.1. The average molecular weight is 294 g/mol. The highest BCUT2D eigenvalue weighted by molar-refractivity contribution is 9.10. The summed E-state index contributed by atoms with van der Waals surface area (Å²) in [6.45, 7) is 0. The molecule has 0 radical (unpaired) electrons. The van der Waals surface area contributed by atoms with E-state index in [1.54, 1.807) is 18.6 Å². The van der Waals surface area contributed by atoms with E-state index in [1.807, 2.05) is 12.1 Å². The van der Waals surface area contributed by atoms with Crippen LogP contribution < -0.4 is 11.0 Å². The second kappa shape index (κ2) is 5.35. The number of rotatable bonds is 3. The zero-order valence-corrected chi connectivity index (χ0v) is 10.2. The largest absolute Gasteiger partial charge is 0.280 e. The van der Waals surface area contributed by atoms with Crippen LogP contribution in [0.4, 0.5) is 5.69 Å². The van der Waals surface area contributed by atoms with Gasteiger partial charge in [-0.1, -0.05) is 0 Å². The van der Waals surface area contributed by atoms with Crippen molar-refractivity contribution in [3.8, 4) is 0 Å². The third-order valence-corrected chi connectivity index (χ3v) is 2.69. The summed E-state index contributed by atoms with van der Waals surface area (Å²) in [7, 11) is 0. The second-order valence-corrected chi connectivity index (χ2v) is 3.87. The monoisotopic (exact) mass is 293 g/mol. The van der Waals surface area contributed by atoms with Gasteiger partial charge in [-0.05, 0) is 33.6 Å². The first-order valence-corrected chi connectivity index (χ1v) is 5.49. The Bertz CT molecular complexity index is 581. The minimum absolute atomic E-state index is 0.311. The highest BCUT2D eigenvalue weighted by atomic mass is 79.9. The molecule has 0 unspecified atom stereocenters. The van der Waals surface area contributed by atoms with Crippen LogP contribution in [-0.4, -0.2) is 21.4 Å². The number of anilines is 1. The molecule has 2 aromatic heterocycles. The molecule has 0 amide bonds. The average Bonchev–Trinajstić information content (AvgIpc) is 2.36. The number of aromatic amines is 1. The third kappa shape index (κ3) is 2.97. The van der Waals surface area contributed by atoms with Crippen molar-refractivity contribution in [2.75, 3.05) is 5.43 Å². The maximum Gasteiger partial charge on any atom is 0.280 e. The summed E-state index contributed by atoms with van der Waals surface area (Å²) < 4.78 is 0.361. The number of hydrogen-bond acceptors (Lipinski definition) is 5. The van der Waals surface area contributed by atoms with E-state index in [2.05, 4.69) is 41.6 Å². The first kappa shape index (κ1) is 11.5. The van der Waals surface area contributed by atoms with Crippen LogP contribution in [0.15, 0.2) is 45.1 Å². The summed E-state index contributed by atoms with van der Waals surface area (Å²) in [5.74, 6) is 0. The van der Waals surface area contributed by atoms with E-state index < -0.39 is 0 Å². The molecule has 0 spiro atoms. The van der Waals surface area contributed by atoms with Gasteiger partial charge >= 0.3 is 0 Å². The van der Waals surface area contributed by atoms with Crippen molar-refractivity contribution in [2.45, 2.75) is 0 Å². The first-order valence-electron chi connectivity index (χ1n) is 4.69. The number of nitrogens with one attached hydrogen (secondary N) is 2. The van der Waals surface area contributed by atoms with Crippen molar-refractivity contribution in [3.63, 3.8) is 0 Å². The topological polar surface area (TPSA) is 83.0 Å². The number of aromatic nitrogens is 3. The van der Waals surface area contributed by atoms with Crippen LogP contribution in [0, 0.1) is 0 Å². The lowest BCUT2D eigenvalue weighted by Gasteiger charge is -2.00.